The highest BCUT2D eigenvalue weighted by Gasteiger charge is 2.31. The van der Waals surface area contributed by atoms with Crippen molar-refractivity contribution in [1.82, 2.24) is 9.97 Å². The highest BCUT2D eigenvalue weighted by atomic mass is 16.4. The Hall–Kier alpha value is -2.10. The van der Waals surface area contributed by atoms with Gasteiger partial charge in [-0.1, -0.05) is 31.2 Å². The van der Waals surface area contributed by atoms with E-state index in [0.717, 1.165) is 30.5 Å². The first-order valence-corrected chi connectivity index (χ1v) is 6.61. The van der Waals surface area contributed by atoms with E-state index in [4.69, 9.17) is 0 Å². The van der Waals surface area contributed by atoms with Crippen LogP contribution in [0.3, 0.4) is 0 Å². The van der Waals surface area contributed by atoms with Gasteiger partial charge in [0.05, 0.1) is 5.69 Å². The highest BCUT2D eigenvalue weighted by molar-refractivity contribution is 5.88. The molecule has 1 aromatic carbocycles. The van der Waals surface area contributed by atoms with Crippen LogP contribution in [-0.2, 0) is 6.42 Å². The van der Waals surface area contributed by atoms with Crippen LogP contribution >= 0.6 is 0 Å². The van der Waals surface area contributed by atoms with E-state index in [1.54, 1.807) is 0 Å². The number of H-pyrrole nitrogens is 1. The number of carbonyl (C=O) groups is 1. The number of aromatic amines is 1. The lowest BCUT2D eigenvalue weighted by molar-refractivity contribution is 0.0690. The van der Waals surface area contributed by atoms with E-state index in [1.807, 2.05) is 12.1 Å². The molecule has 98 valence electrons. The predicted octanol–water partition coefficient (Wildman–Crippen LogP) is 3.21. The van der Waals surface area contributed by atoms with Crippen LogP contribution in [0, 0.1) is 0 Å². The molecule has 0 aliphatic heterocycles. The Morgan fingerprint density at radius 3 is 2.58 bits per heavy atom. The third-order valence-electron chi connectivity index (χ3n) is 3.56. The fourth-order valence-electron chi connectivity index (χ4n) is 2.25. The lowest BCUT2D eigenvalue weighted by Crippen LogP contribution is -2.00. The van der Waals surface area contributed by atoms with Gasteiger partial charge in [-0.3, -0.25) is 0 Å². The molecule has 19 heavy (non-hydrogen) atoms. The third kappa shape index (κ3) is 2.26. The van der Waals surface area contributed by atoms with E-state index in [-0.39, 0.29) is 5.69 Å². The number of aromatic nitrogens is 2. The number of aryl methyl sites for hydroxylation is 1. The van der Waals surface area contributed by atoms with Gasteiger partial charge < -0.3 is 10.1 Å². The molecule has 2 aromatic rings. The van der Waals surface area contributed by atoms with Crippen LogP contribution in [0.2, 0.25) is 0 Å². The van der Waals surface area contributed by atoms with Crippen LogP contribution in [0.1, 0.15) is 47.4 Å². The Labute approximate surface area is 111 Å². The van der Waals surface area contributed by atoms with Gasteiger partial charge in [-0.25, -0.2) is 9.78 Å². The number of nitrogens with zero attached hydrogens (tertiary/aromatic N) is 1. The minimum Gasteiger partial charge on any atom is -0.476 e. The summed E-state index contributed by atoms with van der Waals surface area (Å²) in [7, 11) is 0. The minimum absolute atomic E-state index is 0.178. The van der Waals surface area contributed by atoms with E-state index in [2.05, 4.69) is 29.0 Å². The normalized spacial score (nSPS) is 14.6. The molecule has 0 unspecified atom stereocenters. The summed E-state index contributed by atoms with van der Waals surface area (Å²) < 4.78 is 0. The molecule has 1 aliphatic carbocycles. The van der Waals surface area contributed by atoms with Crippen molar-refractivity contribution in [1.29, 1.82) is 0 Å². The van der Waals surface area contributed by atoms with Crippen LogP contribution in [-0.4, -0.2) is 21.0 Å². The van der Waals surface area contributed by atoms with Crippen LogP contribution in [0.5, 0.6) is 0 Å². The molecule has 3 rings (SSSR count). The average Bonchev–Trinajstić information content (AvgIpc) is 3.17. The molecule has 0 saturated heterocycles. The van der Waals surface area contributed by atoms with Gasteiger partial charge in [-0.05, 0) is 24.8 Å². The maximum Gasteiger partial charge on any atom is 0.356 e. The van der Waals surface area contributed by atoms with Gasteiger partial charge >= 0.3 is 5.97 Å². The molecule has 1 heterocycles. The Kier molecular flexibility index (Phi) is 2.85. The molecule has 1 fully saturated rings. The number of rotatable bonds is 4. The number of benzene rings is 1. The first kappa shape index (κ1) is 12.0. The van der Waals surface area contributed by atoms with Crippen LogP contribution in [0.15, 0.2) is 24.3 Å². The Morgan fingerprint density at radius 2 is 2.05 bits per heavy atom. The molecule has 0 spiro atoms. The number of carboxylic acid groups (broad SMARTS) is 1. The number of carboxylic acids is 1. The summed E-state index contributed by atoms with van der Waals surface area (Å²) in [5.74, 6) is 0.0544. The van der Waals surface area contributed by atoms with E-state index in [1.165, 1.54) is 5.56 Å². The molecule has 0 radical (unpaired) electrons. The van der Waals surface area contributed by atoms with Gasteiger partial charge in [0.2, 0.25) is 0 Å². The molecule has 4 heteroatoms. The minimum atomic E-state index is -0.949. The number of nitrogens with one attached hydrogen (secondary N) is 1. The van der Waals surface area contributed by atoms with Crippen molar-refractivity contribution in [3.63, 3.8) is 0 Å². The number of aromatic carboxylic acids is 1. The van der Waals surface area contributed by atoms with Gasteiger partial charge in [-0.2, -0.15) is 0 Å². The standard InChI is InChI=1S/C15H16N2O2/c1-2-9-3-5-11(6-4-9)14-16-12(10-7-8-10)13(17-14)15(18)19/h3-6,10H,2,7-8H2,1H3,(H,16,17)(H,18,19). The maximum atomic E-state index is 11.2. The van der Waals surface area contributed by atoms with Gasteiger partial charge in [0, 0.05) is 11.5 Å². The summed E-state index contributed by atoms with van der Waals surface area (Å²) in [6.45, 7) is 2.11. The average molecular weight is 256 g/mol. The van der Waals surface area contributed by atoms with E-state index >= 15 is 0 Å². The topological polar surface area (TPSA) is 66.0 Å². The van der Waals surface area contributed by atoms with Crippen LogP contribution < -0.4 is 0 Å². The van der Waals surface area contributed by atoms with Crippen molar-refractivity contribution in [2.45, 2.75) is 32.1 Å². The molecular weight excluding hydrogens is 240 g/mol. The van der Waals surface area contributed by atoms with Crippen molar-refractivity contribution >= 4 is 5.97 Å². The van der Waals surface area contributed by atoms with E-state index in [9.17, 15) is 9.90 Å². The SMILES string of the molecule is CCc1ccc(-c2nc(C(=O)O)c(C3CC3)[nH]2)cc1. The van der Waals surface area contributed by atoms with Crippen molar-refractivity contribution in [2.24, 2.45) is 0 Å². The Morgan fingerprint density at radius 1 is 1.37 bits per heavy atom. The smallest absolute Gasteiger partial charge is 0.356 e. The predicted molar refractivity (Wildman–Crippen MR) is 72.3 cm³/mol. The van der Waals surface area contributed by atoms with Gasteiger partial charge in [0.1, 0.15) is 5.82 Å². The lowest BCUT2D eigenvalue weighted by atomic mass is 10.1. The summed E-state index contributed by atoms with van der Waals surface area (Å²) in [4.78, 5) is 18.6. The quantitative estimate of drug-likeness (QED) is 0.882. The molecule has 1 aliphatic rings. The molecule has 1 aromatic heterocycles. The second-order valence-electron chi connectivity index (χ2n) is 4.98. The lowest BCUT2D eigenvalue weighted by Gasteiger charge is -1.99. The zero-order valence-electron chi connectivity index (χ0n) is 10.8. The van der Waals surface area contributed by atoms with Crippen molar-refractivity contribution < 1.29 is 9.90 Å². The largest absolute Gasteiger partial charge is 0.476 e. The zero-order valence-corrected chi connectivity index (χ0v) is 10.8. The molecule has 0 amide bonds. The molecule has 2 N–H and O–H groups in total. The van der Waals surface area contributed by atoms with Gasteiger partial charge in [-0.15, -0.1) is 0 Å². The number of hydrogen-bond acceptors (Lipinski definition) is 2. The first-order valence-electron chi connectivity index (χ1n) is 6.61. The maximum absolute atomic E-state index is 11.2. The summed E-state index contributed by atoms with van der Waals surface area (Å²) in [5.41, 5.74) is 3.15. The molecular formula is C15H16N2O2. The summed E-state index contributed by atoms with van der Waals surface area (Å²) in [6, 6.07) is 8.07. The number of hydrogen-bond donors (Lipinski definition) is 2. The van der Waals surface area contributed by atoms with E-state index in [0.29, 0.717) is 11.7 Å². The Bertz CT molecular complexity index is 610. The Balaban J connectivity index is 1.99. The highest BCUT2D eigenvalue weighted by Crippen LogP contribution is 2.41. The van der Waals surface area contributed by atoms with Crippen LogP contribution in [0.4, 0.5) is 0 Å². The van der Waals surface area contributed by atoms with Crippen molar-refractivity contribution in [2.75, 3.05) is 0 Å². The molecule has 0 bridgehead atoms. The second kappa shape index (κ2) is 4.53. The van der Waals surface area contributed by atoms with Crippen molar-refractivity contribution in [3.05, 3.63) is 41.2 Å². The summed E-state index contributed by atoms with van der Waals surface area (Å²) in [6.07, 6.45) is 3.10. The van der Waals surface area contributed by atoms with Gasteiger partial charge in [0.25, 0.3) is 0 Å². The third-order valence-corrected chi connectivity index (χ3v) is 3.56. The monoisotopic (exact) mass is 256 g/mol. The summed E-state index contributed by atoms with van der Waals surface area (Å²) >= 11 is 0. The van der Waals surface area contributed by atoms with Crippen molar-refractivity contribution in [3.8, 4) is 11.4 Å². The summed E-state index contributed by atoms with van der Waals surface area (Å²) in [5, 5.41) is 9.20. The number of imidazole rings is 1. The molecule has 1 saturated carbocycles. The fraction of sp³-hybridized carbons (Fsp3) is 0.333. The zero-order chi connectivity index (χ0) is 13.4. The fourth-order valence-corrected chi connectivity index (χ4v) is 2.25. The second-order valence-corrected chi connectivity index (χ2v) is 4.98. The van der Waals surface area contributed by atoms with E-state index < -0.39 is 5.97 Å². The van der Waals surface area contributed by atoms with Crippen LogP contribution in [0.25, 0.3) is 11.4 Å². The first-order chi connectivity index (χ1) is 9.19. The van der Waals surface area contributed by atoms with Gasteiger partial charge in [0.15, 0.2) is 5.69 Å². The molecule has 0 atom stereocenters. The molecule has 4 nitrogen and oxygen atoms in total.